The first-order valence-corrected chi connectivity index (χ1v) is 15.6. The third-order valence-electron chi connectivity index (χ3n) is 7.29. The van der Waals surface area contributed by atoms with Gasteiger partial charge in [0.15, 0.2) is 4.80 Å². The number of allylic oxidation sites excluding steroid dienone is 1. The highest BCUT2D eigenvalue weighted by atomic mass is 32.1. The molecule has 0 aliphatic carbocycles. The lowest BCUT2D eigenvalue weighted by Gasteiger charge is -2.26. The highest BCUT2D eigenvalue weighted by Gasteiger charge is 2.36. The molecule has 11 heteroatoms. The standard InChI is InChI=1S/C35H36N2O8S/c1-18(2)43-33(39)22-9-12-25(20(5)15-22)28-14-11-24(45-28)17-29-32(38)37-31(26-16-23(41-7)10-13-27(26)42-8)30(34(40)44-19(3)4)21(6)36-35(37)46-29/h9-19,31H,1-8H3/b29-17-/t31-/m0/s1. The summed E-state index contributed by atoms with van der Waals surface area (Å²) < 4.78 is 30.1. The molecule has 1 aliphatic heterocycles. The molecule has 0 amide bonds. The van der Waals surface area contributed by atoms with E-state index in [9.17, 15) is 14.4 Å². The van der Waals surface area contributed by atoms with Crippen LogP contribution >= 0.6 is 11.3 Å². The summed E-state index contributed by atoms with van der Waals surface area (Å²) in [7, 11) is 3.07. The number of benzene rings is 2. The molecule has 10 nitrogen and oxygen atoms in total. The molecule has 2 aromatic heterocycles. The van der Waals surface area contributed by atoms with E-state index < -0.39 is 12.0 Å². The van der Waals surface area contributed by atoms with Crippen molar-refractivity contribution < 1.29 is 33.0 Å². The molecule has 46 heavy (non-hydrogen) atoms. The number of methoxy groups -OCH3 is 2. The van der Waals surface area contributed by atoms with Crippen molar-refractivity contribution in [2.75, 3.05) is 14.2 Å². The molecule has 5 rings (SSSR count). The minimum Gasteiger partial charge on any atom is -0.497 e. The van der Waals surface area contributed by atoms with Gasteiger partial charge in [-0.3, -0.25) is 9.36 Å². The Kier molecular flexibility index (Phi) is 9.34. The van der Waals surface area contributed by atoms with Crippen molar-refractivity contribution in [3.05, 3.63) is 102 Å². The molecule has 1 aliphatic rings. The zero-order valence-corrected chi connectivity index (χ0v) is 27.8. The Morgan fingerprint density at radius 1 is 0.935 bits per heavy atom. The van der Waals surface area contributed by atoms with E-state index in [1.807, 2.05) is 19.1 Å². The van der Waals surface area contributed by atoms with Gasteiger partial charge in [-0.1, -0.05) is 17.4 Å². The molecule has 0 unspecified atom stereocenters. The number of furan rings is 1. The van der Waals surface area contributed by atoms with Crippen molar-refractivity contribution in [1.29, 1.82) is 0 Å². The summed E-state index contributed by atoms with van der Waals surface area (Å²) in [6, 6.07) is 13.2. The predicted molar refractivity (Wildman–Crippen MR) is 174 cm³/mol. The van der Waals surface area contributed by atoms with Crippen LogP contribution in [0.4, 0.5) is 0 Å². The van der Waals surface area contributed by atoms with Crippen molar-refractivity contribution in [3.8, 4) is 22.8 Å². The Bertz CT molecular complexity index is 2030. The van der Waals surface area contributed by atoms with Crippen molar-refractivity contribution >= 4 is 29.4 Å². The molecule has 0 fully saturated rings. The Balaban J connectivity index is 1.60. The number of thiazole rings is 1. The topological polar surface area (TPSA) is 119 Å². The van der Waals surface area contributed by atoms with Gasteiger partial charge >= 0.3 is 11.9 Å². The van der Waals surface area contributed by atoms with Crippen molar-refractivity contribution in [3.63, 3.8) is 0 Å². The number of carbonyl (C=O) groups excluding carboxylic acids is 2. The molecule has 0 N–H and O–H groups in total. The SMILES string of the molecule is COc1ccc(OC)c([C@H]2C(C(=O)OC(C)C)=C(C)N=c3s/c(=C\c4ccc(-c5ccc(C(=O)OC(C)C)cc5C)o4)c(=O)n32)c1. The number of rotatable bonds is 9. The molecule has 0 bridgehead atoms. The number of hydrogen-bond donors (Lipinski definition) is 0. The number of fused-ring (bicyclic) bond motifs is 1. The summed E-state index contributed by atoms with van der Waals surface area (Å²) in [6.07, 6.45) is 1.05. The molecular formula is C35H36N2O8S. The van der Waals surface area contributed by atoms with Gasteiger partial charge in [-0.25, -0.2) is 14.6 Å². The summed E-state index contributed by atoms with van der Waals surface area (Å²) in [5, 5.41) is 0. The summed E-state index contributed by atoms with van der Waals surface area (Å²) in [5.41, 5.74) is 2.95. The molecule has 4 aromatic rings. The quantitative estimate of drug-likeness (QED) is 0.224. The maximum Gasteiger partial charge on any atom is 0.338 e. The maximum atomic E-state index is 14.1. The van der Waals surface area contributed by atoms with E-state index in [2.05, 4.69) is 4.99 Å². The van der Waals surface area contributed by atoms with Crippen LogP contribution in [0.1, 0.15) is 67.9 Å². The first kappa shape index (κ1) is 32.5. The molecule has 3 heterocycles. The van der Waals surface area contributed by atoms with E-state index in [0.29, 0.717) is 49.2 Å². The van der Waals surface area contributed by atoms with Crippen LogP contribution in [0.25, 0.3) is 17.4 Å². The van der Waals surface area contributed by atoms with Crippen LogP contribution in [0, 0.1) is 6.92 Å². The number of esters is 2. The Labute approximate surface area is 270 Å². The summed E-state index contributed by atoms with van der Waals surface area (Å²) in [4.78, 5) is 45.0. The van der Waals surface area contributed by atoms with E-state index in [4.69, 9.17) is 23.4 Å². The first-order chi connectivity index (χ1) is 21.9. The minimum atomic E-state index is -0.884. The minimum absolute atomic E-state index is 0.219. The molecule has 0 saturated carbocycles. The largest absolute Gasteiger partial charge is 0.497 e. The van der Waals surface area contributed by atoms with E-state index in [0.717, 1.165) is 11.1 Å². The number of nitrogens with zero attached hydrogens (tertiary/aromatic N) is 2. The number of aromatic nitrogens is 1. The normalized spacial score (nSPS) is 14.7. The Hall–Kier alpha value is -4.90. The monoisotopic (exact) mass is 644 g/mol. The first-order valence-electron chi connectivity index (χ1n) is 14.8. The van der Waals surface area contributed by atoms with Gasteiger partial charge in [0.05, 0.1) is 47.8 Å². The highest BCUT2D eigenvalue weighted by Crippen LogP contribution is 2.38. The van der Waals surface area contributed by atoms with Gasteiger partial charge in [0.25, 0.3) is 5.56 Å². The second-order valence-electron chi connectivity index (χ2n) is 11.3. The number of carbonyl (C=O) groups is 2. The third kappa shape index (κ3) is 6.41. The van der Waals surface area contributed by atoms with Gasteiger partial charge < -0.3 is 23.4 Å². The molecule has 0 radical (unpaired) electrons. The highest BCUT2D eigenvalue weighted by molar-refractivity contribution is 7.07. The Morgan fingerprint density at radius 3 is 2.30 bits per heavy atom. The average molecular weight is 645 g/mol. The Morgan fingerprint density at radius 2 is 1.65 bits per heavy atom. The van der Waals surface area contributed by atoms with Crippen molar-refractivity contribution in [1.82, 2.24) is 4.57 Å². The number of aryl methyl sites for hydroxylation is 1. The smallest absolute Gasteiger partial charge is 0.338 e. The zero-order valence-electron chi connectivity index (χ0n) is 27.0. The van der Waals surface area contributed by atoms with E-state index in [1.165, 1.54) is 23.0 Å². The molecule has 0 saturated heterocycles. The second-order valence-corrected chi connectivity index (χ2v) is 12.3. The maximum absolute atomic E-state index is 14.1. The van der Waals surface area contributed by atoms with Gasteiger partial charge in [0, 0.05) is 17.2 Å². The fourth-order valence-electron chi connectivity index (χ4n) is 5.26. The summed E-state index contributed by atoms with van der Waals surface area (Å²) in [6.45, 7) is 10.7. The van der Waals surface area contributed by atoms with Crippen LogP contribution in [0.5, 0.6) is 11.5 Å². The summed E-state index contributed by atoms with van der Waals surface area (Å²) >= 11 is 1.19. The number of hydrogen-bond acceptors (Lipinski definition) is 10. The third-order valence-corrected chi connectivity index (χ3v) is 8.27. The van der Waals surface area contributed by atoms with Crippen LogP contribution in [-0.4, -0.2) is 42.9 Å². The molecule has 1 atom stereocenters. The van der Waals surface area contributed by atoms with Gasteiger partial charge in [-0.15, -0.1) is 0 Å². The van der Waals surface area contributed by atoms with Crippen LogP contribution in [0.3, 0.4) is 0 Å². The molecular weight excluding hydrogens is 608 g/mol. The zero-order chi connectivity index (χ0) is 33.3. The molecule has 2 aromatic carbocycles. The number of ether oxygens (including phenoxy) is 4. The average Bonchev–Trinajstić information content (AvgIpc) is 3.59. The fraction of sp³-hybridized carbons (Fsp3) is 0.314. The molecule has 0 spiro atoms. The van der Waals surface area contributed by atoms with Crippen molar-refractivity contribution in [2.24, 2.45) is 4.99 Å². The van der Waals surface area contributed by atoms with Crippen LogP contribution in [-0.2, 0) is 14.3 Å². The van der Waals surface area contributed by atoms with Gasteiger partial charge in [-0.05, 0) is 89.6 Å². The molecule has 240 valence electrons. The predicted octanol–water partition coefficient (Wildman–Crippen LogP) is 5.34. The van der Waals surface area contributed by atoms with E-state index >= 15 is 0 Å². The second kappa shape index (κ2) is 13.2. The van der Waals surface area contributed by atoms with Crippen LogP contribution in [0.2, 0.25) is 0 Å². The summed E-state index contributed by atoms with van der Waals surface area (Å²) in [5.74, 6) is 1.07. The van der Waals surface area contributed by atoms with Gasteiger partial charge in [-0.2, -0.15) is 0 Å². The van der Waals surface area contributed by atoms with Crippen LogP contribution < -0.4 is 24.4 Å². The lowest BCUT2D eigenvalue weighted by Crippen LogP contribution is -2.40. The van der Waals surface area contributed by atoms with Gasteiger partial charge in [0.1, 0.15) is 29.1 Å². The van der Waals surface area contributed by atoms with Crippen molar-refractivity contribution in [2.45, 2.75) is 59.8 Å². The lowest BCUT2D eigenvalue weighted by atomic mass is 9.94. The van der Waals surface area contributed by atoms with Crippen LogP contribution in [0.15, 0.2) is 74.0 Å². The van der Waals surface area contributed by atoms with E-state index in [1.54, 1.807) is 84.2 Å². The van der Waals surface area contributed by atoms with E-state index in [-0.39, 0.29) is 29.3 Å². The fourth-order valence-corrected chi connectivity index (χ4v) is 6.29. The lowest BCUT2D eigenvalue weighted by molar-refractivity contribution is -0.143. The van der Waals surface area contributed by atoms with Gasteiger partial charge in [0.2, 0.25) is 0 Å².